The second-order valence-electron chi connectivity index (χ2n) is 5.88. The lowest BCUT2D eigenvalue weighted by Gasteiger charge is -2.20. The van der Waals surface area contributed by atoms with Gasteiger partial charge in [0.05, 0.1) is 11.8 Å². The maximum atomic E-state index is 12.9. The van der Waals surface area contributed by atoms with E-state index in [1.807, 2.05) is 0 Å². The molecule has 1 aromatic rings. The fourth-order valence-corrected chi connectivity index (χ4v) is 3.21. The van der Waals surface area contributed by atoms with E-state index in [1.165, 1.54) is 10.9 Å². The number of urea groups is 1. The quantitative estimate of drug-likeness (QED) is 0.932. The Hall–Kier alpha value is -1.70. The van der Waals surface area contributed by atoms with Crippen molar-refractivity contribution in [1.29, 1.82) is 0 Å². The van der Waals surface area contributed by atoms with Crippen LogP contribution < -0.4 is 5.32 Å². The number of hydrogen-bond acceptors (Lipinski definition) is 3. The van der Waals surface area contributed by atoms with Gasteiger partial charge in [-0.15, -0.1) is 0 Å². The summed E-state index contributed by atoms with van der Waals surface area (Å²) in [5.41, 5.74) is -0.325. The summed E-state index contributed by atoms with van der Waals surface area (Å²) in [5, 5.41) is 6.23. The van der Waals surface area contributed by atoms with E-state index in [4.69, 9.17) is 4.74 Å². The van der Waals surface area contributed by atoms with Crippen LogP contribution >= 0.6 is 0 Å². The first kappa shape index (κ1) is 15.2. The standard InChI is InChI=1S/C14H20F2N4O2/c1-19-8-10(12(18-19)13(15)16)17-14(21)20-5-4-9(7-20)11-3-2-6-22-11/h8-9,11,13H,2-7H2,1H3,(H,17,21). The number of nitrogens with zero attached hydrogens (tertiary/aromatic N) is 3. The minimum atomic E-state index is -2.71. The van der Waals surface area contributed by atoms with Crippen LogP contribution in [-0.4, -0.2) is 46.5 Å². The van der Waals surface area contributed by atoms with Gasteiger partial charge in [0.15, 0.2) is 5.69 Å². The van der Waals surface area contributed by atoms with E-state index in [-0.39, 0.29) is 17.8 Å². The number of carbonyl (C=O) groups excluding carboxylic acids is 1. The molecule has 122 valence electrons. The van der Waals surface area contributed by atoms with Gasteiger partial charge in [0, 0.05) is 38.9 Å². The number of rotatable bonds is 3. The molecule has 2 fully saturated rings. The summed E-state index contributed by atoms with van der Waals surface area (Å²) in [6.07, 6.45) is 1.92. The lowest BCUT2D eigenvalue weighted by Crippen LogP contribution is -2.34. The van der Waals surface area contributed by atoms with Crippen molar-refractivity contribution < 1.29 is 18.3 Å². The van der Waals surface area contributed by atoms with Crippen LogP contribution in [0.3, 0.4) is 0 Å². The topological polar surface area (TPSA) is 59.4 Å². The minimum Gasteiger partial charge on any atom is -0.378 e. The molecule has 0 aromatic carbocycles. The first-order valence-corrected chi connectivity index (χ1v) is 7.54. The van der Waals surface area contributed by atoms with Crippen molar-refractivity contribution in [2.45, 2.75) is 31.8 Å². The Morgan fingerprint density at radius 2 is 2.32 bits per heavy atom. The average molecular weight is 314 g/mol. The van der Waals surface area contributed by atoms with Crippen LogP contribution in [0, 0.1) is 5.92 Å². The van der Waals surface area contributed by atoms with E-state index in [0.717, 1.165) is 25.9 Å². The molecule has 8 heteroatoms. The first-order chi connectivity index (χ1) is 10.5. The van der Waals surface area contributed by atoms with E-state index in [0.29, 0.717) is 19.0 Å². The molecule has 0 spiro atoms. The van der Waals surface area contributed by atoms with Crippen molar-refractivity contribution in [3.05, 3.63) is 11.9 Å². The Labute approximate surface area is 127 Å². The fourth-order valence-electron chi connectivity index (χ4n) is 3.21. The molecule has 2 atom stereocenters. The van der Waals surface area contributed by atoms with Gasteiger partial charge in [0.2, 0.25) is 0 Å². The Kier molecular flexibility index (Phi) is 4.28. The molecule has 22 heavy (non-hydrogen) atoms. The summed E-state index contributed by atoms with van der Waals surface area (Å²) in [7, 11) is 1.55. The maximum absolute atomic E-state index is 12.9. The zero-order valence-corrected chi connectivity index (χ0v) is 12.5. The highest BCUT2D eigenvalue weighted by atomic mass is 19.3. The summed E-state index contributed by atoms with van der Waals surface area (Å²) in [6, 6.07) is -0.351. The lowest BCUT2D eigenvalue weighted by molar-refractivity contribution is 0.0671. The van der Waals surface area contributed by atoms with Gasteiger partial charge in [0.25, 0.3) is 6.43 Å². The number of amides is 2. The van der Waals surface area contributed by atoms with Crippen LogP contribution in [0.2, 0.25) is 0 Å². The summed E-state index contributed by atoms with van der Waals surface area (Å²) in [5.74, 6) is 0.344. The first-order valence-electron chi connectivity index (χ1n) is 7.54. The highest BCUT2D eigenvalue weighted by Gasteiger charge is 2.34. The van der Waals surface area contributed by atoms with Crippen molar-refractivity contribution in [3.8, 4) is 0 Å². The van der Waals surface area contributed by atoms with Crippen molar-refractivity contribution in [2.24, 2.45) is 13.0 Å². The number of aryl methyl sites for hydroxylation is 1. The van der Waals surface area contributed by atoms with Gasteiger partial charge in [-0.3, -0.25) is 4.68 Å². The predicted octanol–water partition coefficient (Wildman–Crippen LogP) is 2.39. The van der Waals surface area contributed by atoms with Crippen molar-refractivity contribution in [2.75, 3.05) is 25.0 Å². The van der Waals surface area contributed by atoms with E-state index < -0.39 is 12.1 Å². The number of nitrogens with one attached hydrogen (secondary N) is 1. The molecule has 1 aromatic heterocycles. The van der Waals surface area contributed by atoms with Gasteiger partial charge in [-0.1, -0.05) is 0 Å². The molecule has 0 bridgehead atoms. The molecule has 2 amide bonds. The number of likely N-dealkylation sites (tertiary alicyclic amines) is 1. The Bertz CT molecular complexity index is 543. The van der Waals surface area contributed by atoms with Crippen LogP contribution in [0.5, 0.6) is 0 Å². The average Bonchev–Trinajstić information content (AvgIpc) is 3.17. The molecule has 2 aliphatic rings. The number of halogens is 2. The monoisotopic (exact) mass is 314 g/mol. The molecule has 1 N–H and O–H groups in total. The second-order valence-corrected chi connectivity index (χ2v) is 5.88. The van der Waals surface area contributed by atoms with Crippen LogP contribution in [0.15, 0.2) is 6.20 Å². The fraction of sp³-hybridized carbons (Fsp3) is 0.714. The number of ether oxygens (including phenoxy) is 1. The molecule has 3 heterocycles. The summed E-state index contributed by atoms with van der Waals surface area (Å²) in [6.45, 7) is 2.03. The van der Waals surface area contributed by atoms with Gasteiger partial charge < -0.3 is 15.0 Å². The minimum absolute atomic E-state index is 0.0723. The van der Waals surface area contributed by atoms with Gasteiger partial charge >= 0.3 is 6.03 Å². The summed E-state index contributed by atoms with van der Waals surface area (Å²) in [4.78, 5) is 13.9. The predicted molar refractivity (Wildman–Crippen MR) is 75.8 cm³/mol. The van der Waals surface area contributed by atoms with Crippen molar-refractivity contribution >= 4 is 11.7 Å². The number of anilines is 1. The maximum Gasteiger partial charge on any atom is 0.321 e. The second kappa shape index (κ2) is 6.20. The van der Waals surface area contributed by atoms with Crippen molar-refractivity contribution in [1.82, 2.24) is 14.7 Å². The van der Waals surface area contributed by atoms with E-state index in [2.05, 4.69) is 10.4 Å². The third-order valence-electron chi connectivity index (χ3n) is 4.31. The molecular weight excluding hydrogens is 294 g/mol. The van der Waals surface area contributed by atoms with E-state index in [1.54, 1.807) is 11.9 Å². The molecule has 0 saturated carbocycles. The molecule has 2 unspecified atom stereocenters. The normalized spacial score (nSPS) is 25.2. The highest BCUT2D eigenvalue weighted by Crippen LogP contribution is 2.29. The van der Waals surface area contributed by atoms with Crippen LogP contribution in [0.4, 0.5) is 19.3 Å². The van der Waals surface area contributed by atoms with Gasteiger partial charge in [-0.2, -0.15) is 5.10 Å². The third-order valence-corrected chi connectivity index (χ3v) is 4.31. The molecule has 0 aliphatic carbocycles. The SMILES string of the molecule is Cn1cc(NC(=O)N2CCC(C3CCCO3)C2)c(C(F)F)n1. The smallest absolute Gasteiger partial charge is 0.321 e. The third kappa shape index (κ3) is 3.06. The molecule has 2 aliphatic heterocycles. The van der Waals surface area contributed by atoms with Crippen molar-refractivity contribution in [3.63, 3.8) is 0 Å². The Balaban J connectivity index is 1.61. The molecular formula is C14H20F2N4O2. The van der Waals surface area contributed by atoms with Gasteiger partial charge in [-0.05, 0) is 19.3 Å². The zero-order chi connectivity index (χ0) is 15.7. The zero-order valence-electron chi connectivity index (χ0n) is 12.5. The van der Waals surface area contributed by atoms with Crippen LogP contribution in [0.25, 0.3) is 0 Å². The van der Waals surface area contributed by atoms with Crippen LogP contribution in [-0.2, 0) is 11.8 Å². The summed E-state index contributed by atoms with van der Waals surface area (Å²) >= 11 is 0. The molecule has 6 nitrogen and oxygen atoms in total. The highest BCUT2D eigenvalue weighted by molar-refractivity contribution is 5.90. The van der Waals surface area contributed by atoms with E-state index in [9.17, 15) is 13.6 Å². The largest absolute Gasteiger partial charge is 0.378 e. The Morgan fingerprint density at radius 3 is 3.00 bits per heavy atom. The van der Waals surface area contributed by atoms with Gasteiger partial charge in [-0.25, -0.2) is 13.6 Å². The molecule has 2 saturated heterocycles. The van der Waals surface area contributed by atoms with E-state index >= 15 is 0 Å². The summed E-state index contributed by atoms with van der Waals surface area (Å²) < 4.78 is 32.7. The number of alkyl halides is 2. The number of hydrogen-bond donors (Lipinski definition) is 1. The van der Waals surface area contributed by atoms with Gasteiger partial charge in [0.1, 0.15) is 0 Å². The lowest BCUT2D eigenvalue weighted by atomic mass is 9.99. The Morgan fingerprint density at radius 1 is 1.50 bits per heavy atom. The van der Waals surface area contributed by atoms with Crippen LogP contribution in [0.1, 0.15) is 31.4 Å². The number of carbonyl (C=O) groups is 1. The molecule has 3 rings (SSSR count). The number of aromatic nitrogens is 2. The molecule has 0 radical (unpaired) electrons.